The van der Waals surface area contributed by atoms with Crippen molar-refractivity contribution in [2.75, 3.05) is 13.7 Å². The van der Waals surface area contributed by atoms with E-state index < -0.39 is 0 Å². The van der Waals surface area contributed by atoms with Crippen molar-refractivity contribution in [2.24, 2.45) is 0 Å². The Balaban J connectivity index is 2.73. The Bertz CT molecular complexity index is 407. The molecule has 0 fully saturated rings. The molecule has 100 valence electrons. The van der Waals surface area contributed by atoms with Gasteiger partial charge in [-0.25, -0.2) is 4.98 Å². The average molecular weight is 291 g/mol. The van der Waals surface area contributed by atoms with Gasteiger partial charge in [-0.3, -0.25) is 4.79 Å². The zero-order valence-corrected chi connectivity index (χ0v) is 11.9. The number of rotatable bonds is 6. The van der Waals surface area contributed by atoms with Crippen LogP contribution in [0, 0.1) is 0 Å². The summed E-state index contributed by atoms with van der Waals surface area (Å²) >= 11 is 11.6. The van der Waals surface area contributed by atoms with Gasteiger partial charge in [0, 0.05) is 7.11 Å². The largest absolute Gasteiger partial charge is 0.383 e. The molecule has 4 nitrogen and oxygen atoms in total. The fourth-order valence-corrected chi connectivity index (χ4v) is 2.02. The Kier molecular flexibility index (Phi) is 6.39. The molecule has 0 aliphatic heterocycles. The Morgan fingerprint density at radius 3 is 2.78 bits per heavy atom. The van der Waals surface area contributed by atoms with Gasteiger partial charge in [-0.1, -0.05) is 36.5 Å². The Morgan fingerprint density at radius 1 is 1.50 bits per heavy atom. The minimum Gasteiger partial charge on any atom is -0.383 e. The fraction of sp³-hybridized carbons (Fsp3) is 0.500. The smallest absolute Gasteiger partial charge is 0.254 e. The molecular weight excluding hydrogens is 275 g/mol. The molecule has 1 N–H and O–H groups in total. The molecule has 1 unspecified atom stereocenters. The summed E-state index contributed by atoms with van der Waals surface area (Å²) in [7, 11) is 1.60. The molecule has 0 bridgehead atoms. The number of halogens is 2. The van der Waals surface area contributed by atoms with E-state index in [4.69, 9.17) is 27.9 Å². The molecule has 0 aromatic carbocycles. The first-order valence-corrected chi connectivity index (χ1v) is 6.46. The molecule has 1 heterocycles. The number of nitrogens with zero attached hydrogens (tertiary/aromatic N) is 1. The van der Waals surface area contributed by atoms with E-state index >= 15 is 0 Å². The van der Waals surface area contributed by atoms with Crippen LogP contribution in [0.2, 0.25) is 10.3 Å². The fourth-order valence-electron chi connectivity index (χ4n) is 1.59. The molecule has 0 radical (unpaired) electrons. The van der Waals surface area contributed by atoms with Crippen molar-refractivity contribution in [3.8, 4) is 0 Å². The molecule has 0 spiro atoms. The second kappa shape index (κ2) is 7.56. The summed E-state index contributed by atoms with van der Waals surface area (Å²) in [6.45, 7) is 2.52. The second-order valence-electron chi connectivity index (χ2n) is 3.89. The topological polar surface area (TPSA) is 51.2 Å². The number of ether oxygens (including phenoxy) is 1. The quantitative estimate of drug-likeness (QED) is 0.820. The van der Waals surface area contributed by atoms with Gasteiger partial charge in [0.2, 0.25) is 0 Å². The summed E-state index contributed by atoms with van der Waals surface area (Å²) < 4.78 is 5.06. The van der Waals surface area contributed by atoms with Gasteiger partial charge in [-0.05, 0) is 18.6 Å². The van der Waals surface area contributed by atoms with Crippen molar-refractivity contribution in [3.05, 3.63) is 28.0 Å². The molecule has 1 rings (SSSR count). The standard InChI is InChI=1S/C12H16Cl2N2O2/c1-3-4-8(7-18-2)15-12(17)9-5-6-10(13)16-11(9)14/h5-6,8H,3-4,7H2,1-2H3,(H,15,17). The summed E-state index contributed by atoms with van der Waals surface area (Å²) in [5.41, 5.74) is 0.318. The van der Waals surface area contributed by atoms with Gasteiger partial charge in [-0.2, -0.15) is 0 Å². The summed E-state index contributed by atoms with van der Waals surface area (Å²) in [5.74, 6) is -0.264. The second-order valence-corrected chi connectivity index (χ2v) is 4.63. The van der Waals surface area contributed by atoms with E-state index in [2.05, 4.69) is 10.3 Å². The van der Waals surface area contributed by atoms with Crippen LogP contribution in [-0.4, -0.2) is 30.6 Å². The van der Waals surface area contributed by atoms with Crippen LogP contribution in [0.5, 0.6) is 0 Å². The van der Waals surface area contributed by atoms with Crippen molar-refractivity contribution in [2.45, 2.75) is 25.8 Å². The van der Waals surface area contributed by atoms with Gasteiger partial charge in [0.05, 0.1) is 18.2 Å². The third-order valence-corrected chi connectivity index (χ3v) is 2.90. The Morgan fingerprint density at radius 2 is 2.22 bits per heavy atom. The number of carbonyl (C=O) groups is 1. The van der Waals surface area contributed by atoms with Crippen molar-refractivity contribution < 1.29 is 9.53 Å². The summed E-state index contributed by atoms with van der Waals surface area (Å²) in [6, 6.07) is 3.07. The minimum absolute atomic E-state index is 0.0285. The molecule has 18 heavy (non-hydrogen) atoms. The number of carbonyl (C=O) groups excluding carboxylic acids is 1. The monoisotopic (exact) mass is 290 g/mol. The lowest BCUT2D eigenvalue weighted by Crippen LogP contribution is -2.38. The zero-order valence-electron chi connectivity index (χ0n) is 10.4. The maximum Gasteiger partial charge on any atom is 0.254 e. The molecule has 1 atom stereocenters. The maximum atomic E-state index is 12.0. The first-order valence-electron chi connectivity index (χ1n) is 5.70. The highest BCUT2D eigenvalue weighted by molar-refractivity contribution is 6.34. The van der Waals surface area contributed by atoms with E-state index in [-0.39, 0.29) is 22.3 Å². The van der Waals surface area contributed by atoms with Crippen LogP contribution in [0.1, 0.15) is 30.1 Å². The van der Waals surface area contributed by atoms with Crippen LogP contribution < -0.4 is 5.32 Å². The van der Waals surface area contributed by atoms with Gasteiger partial charge in [0.1, 0.15) is 10.3 Å². The highest BCUT2D eigenvalue weighted by Crippen LogP contribution is 2.16. The van der Waals surface area contributed by atoms with Crippen LogP contribution in [0.3, 0.4) is 0 Å². The number of amides is 1. The lowest BCUT2D eigenvalue weighted by Gasteiger charge is -2.17. The first kappa shape index (κ1) is 15.2. The number of aromatic nitrogens is 1. The SMILES string of the molecule is CCCC(COC)NC(=O)c1ccc(Cl)nc1Cl. The van der Waals surface area contributed by atoms with Crippen LogP contribution in [0.4, 0.5) is 0 Å². The maximum absolute atomic E-state index is 12.0. The lowest BCUT2D eigenvalue weighted by atomic mass is 10.1. The average Bonchev–Trinajstić information content (AvgIpc) is 2.29. The highest BCUT2D eigenvalue weighted by atomic mass is 35.5. The molecule has 6 heteroatoms. The third kappa shape index (κ3) is 4.44. The molecule has 0 aliphatic carbocycles. The van der Waals surface area contributed by atoms with Gasteiger partial charge in [-0.15, -0.1) is 0 Å². The van der Waals surface area contributed by atoms with E-state index in [0.717, 1.165) is 12.8 Å². The van der Waals surface area contributed by atoms with E-state index in [9.17, 15) is 4.79 Å². The normalized spacial score (nSPS) is 12.2. The Hall–Kier alpha value is -0.840. The van der Waals surface area contributed by atoms with Crippen LogP contribution in [0.25, 0.3) is 0 Å². The van der Waals surface area contributed by atoms with Crippen LogP contribution in [0.15, 0.2) is 12.1 Å². The third-order valence-electron chi connectivity index (χ3n) is 2.40. The van der Waals surface area contributed by atoms with E-state index in [1.54, 1.807) is 13.2 Å². The summed E-state index contributed by atoms with van der Waals surface area (Å²) in [4.78, 5) is 15.8. The van der Waals surface area contributed by atoms with E-state index in [1.165, 1.54) is 6.07 Å². The van der Waals surface area contributed by atoms with Gasteiger partial charge in [0.15, 0.2) is 0 Å². The molecular formula is C12H16Cl2N2O2. The van der Waals surface area contributed by atoms with Crippen molar-refractivity contribution in [3.63, 3.8) is 0 Å². The highest BCUT2D eigenvalue weighted by Gasteiger charge is 2.16. The molecule has 1 amide bonds. The predicted octanol–water partition coefficient (Wildman–Crippen LogP) is 2.93. The van der Waals surface area contributed by atoms with Crippen molar-refractivity contribution in [1.29, 1.82) is 0 Å². The number of hydrogen-bond donors (Lipinski definition) is 1. The molecule has 1 aromatic rings. The van der Waals surface area contributed by atoms with Crippen LogP contribution >= 0.6 is 23.2 Å². The number of methoxy groups -OCH3 is 1. The van der Waals surface area contributed by atoms with E-state index in [0.29, 0.717) is 12.2 Å². The molecule has 0 aliphatic rings. The predicted molar refractivity (Wildman–Crippen MR) is 72.3 cm³/mol. The van der Waals surface area contributed by atoms with E-state index in [1.807, 2.05) is 6.92 Å². The molecule has 1 aromatic heterocycles. The molecule has 0 saturated carbocycles. The van der Waals surface area contributed by atoms with Crippen LogP contribution in [-0.2, 0) is 4.74 Å². The van der Waals surface area contributed by atoms with Crippen molar-refractivity contribution in [1.82, 2.24) is 10.3 Å². The zero-order chi connectivity index (χ0) is 13.5. The first-order chi connectivity index (χ1) is 8.58. The van der Waals surface area contributed by atoms with Gasteiger partial charge in [0.25, 0.3) is 5.91 Å². The minimum atomic E-state index is -0.264. The van der Waals surface area contributed by atoms with Gasteiger partial charge < -0.3 is 10.1 Å². The molecule has 0 saturated heterocycles. The Labute approximate surface area is 117 Å². The number of pyridine rings is 1. The number of hydrogen-bond acceptors (Lipinski definition) is 3. The lowest BCUT2D eigenvalue weighted by molar-refractivity contribution is 0.0891. The van der Waals surface area contributed by atoms with Crippen molar-refractivity contribution >= 4 is 29.1 Å². The number of nitrogens with one attached hydrogen (secondary N) is 1. The van der Waals surface area contributed by atoms with Gasteiger partial charge >= 0.3 is 0 Å². The summed E-state index contributed by atoms with van der Waals surface area (Å²) in [5, 5.41) is 3.23. The summed E-state index contributed by atoms with van der Waals surface area (Å²) in [6.07, 6.45) is 1.80.